The summed E-state index contributed by atoms with van der Waals surface area (Å²) >= 11 is 0. The second-order valence-corrected chi connectivity index (χ2v) is 5.98. The van der Waals surface area contributed by atoms with Crippen molar-refractivity contribution >= 4 is 9.84 Å². The van der Waals surface area contributed by atoms with Crippen molar-refractivity contribution in [3.8, 4) is 0 Å². The van der Waals surface area contributed by atoms with Gasteiger partial charge >= 0.3 is 0 Å². The minimum Gasteiger partial charge on any atom is -0.466 e. The van der Waals surface area contributed by atoms with Crippen LogP contribution in [0.25, 0.3) is 0 Å². The molecule has 0 aromatic heterocycles. The highest BCUT2D eigenvalue weighted by Gasteiger charge is 2.15. The summed E-state index contributed by atoms with van der Waals surface area (Å²) in [4.78, 5) is 3.48. The monoisotopic (exact) mass is 206 g/mol. The molecule has 0 unspecified atom stereocenters. The van der Waals surface area contributed by atoms with E-state index in [0.717, 1.165) is 26.2 Å². The van der Waals surface area contributed by atoms with Gasteiger partial charge in [-0.25, -0.2) is 8.42 Å². The zero-order chi connectivity index (χ0) is 9.90. The summed E-state index contributed by atoms with van der Waals surface area (Å²) in [6.07, 6.45) is 1.29. The van der Waals surface area contributed by atoms with E-state index in [2.05, 4.69) is 11.9 Å². The van der Waals surface area contributed by atoms with Crippen molar-refractivity contribution in [3.63, 3.8) is 0 Å². The van der Waals surface area contributed by atoms with Crippen LogP contribution in [0, 0.1) is 7.05 Å². The summed E-state index contributed by atoms with van der Waals surface area (Å²) in [5.74, 6) is 0.277. The second-order valence-electron chi connectivity index (χ2n) is 3.72. The van der Waals surface area contributed by atoms with Gasteiger partial charge in [-0.2, -0.15) is 7.05 Å². The van der Waals surface area contributed by atoms with Crippen LogP contribution in [0.2, 0.25) is 0 Å². The Kier molecular flexibility index (Phi) is 3.70. The van der Waals surface area contributed by atoms with Crippen molar-refractivity contribution < 1.29 is 13.3 Å². The first-order valence-electron chi connectivity index (χ1n) is 4.54. The molecule has 0 bridgehead atoms. The van der Waals surface area contributed by atoms with Gasteiger partial charge in [-0.05, 0) is 0 Å². The van der Waals surface area contributed by atoms with Crippen LogP contribution < -0.4 is 4.90 Å². The molecule has 5 heteroatoms. The van der Waals surface area contributed by atoms with Crippen LogP contribution in [0.4, 0.5) is 0 Å². The van der Waals surface area contributed by atoms with E-state index in [0.29, 0.717) is 6.54 Å². The van der Waals surface area contributed by atoms with Gasteiger partial charge in [0, 0.05) is 25.9 Å². The second kappa shape index (κ2) is 4.39. The molecule has 0 amide bonds. The number of hydrogen-bond acceptors (Lipinski definition) is 3. The molecule has 0 saturated carbocycles. The van der Waals surface area contributed by atoms with E-state index in [1.54, 1.807) is 0 Å². The lowest BCUT2D eigenvalue weighted by molar-refractivity contribution is -0.858. The zero-order valence-electron chi connectivity index (χ0n) is 8.12. The van der Waals surface area contributed by atoms with Crippen LogP contribution in [0.15, 0.2) is 0 Å². The lowest BCUT2D eigenvalue weighted by atomic mass is 10.3. The molecule has 0 aromatic rings. The number of nitrogens with one attached hydrogen (secondary N) is 1. The van der Waals surface area contributed by atoms with E-state index < -0.39 is 9.84 Å². The molecule has 4 nitrogen and oxygen atoms in total. The standard InChI is InChI=1S/C8H18N2O2S/c1-9-3-5-10(6-4-9)7-8-13(2,11)12/h9H,1,3-8H2,2H3. The minimum absolute atomic E-state index is 0.277. The fourth-order valence-electron chi connectivity index (χ4n) is 1.39. The predicted octanol–water partition coefficient (Wildman–Crippen LogP) is -1.98. The van der Waals surface area contributed by atoms with Crippen molar-refractivity contribution in [2.24, 2.45) is 0 Å². The van der Waals surface area contributed by atoms with Gasteiger partial charge in [0.1, 0.15) is 9.84 Å². The first-order chi connectivity index (χ1) is 5.97. The largest absolute Gasteiger partial charge is 0.466 e. The Bertz CT molecular complexity index is 243. The van der Waals surface area contributed by atoms with Crippen LogP contribution in [0.3, 0.4) is 0 Å². The Hall–Kier alpha value is -0.130. The average Bonchev–Trinajstić information content (AvgIpc) is 2.02. The SMILES string of the molecule is [CH2-][NH+]1CCN(CCS(C)(=O)=O)CC1. The molecule has 1 heterocycles. The van der Waals surface area contributed by atoms with Crippen molar-refractivity contribution in [3.05, 3.63) is 7.05 Å². The molecule has 1 N–H and O–H groups in total. The highest BCUT2D eigenvalue weighted by molar-refractivity contribution is 7.90. The molecule has 0 radical (unpaired) electrons. The lowest BCUT2D eigenvalue weighted by Gasteiger charge is -2.33. The highest BCUT2D eigenvalue weighted by Crippen LogP contribution is 1.91. The quantitative estimate of drug-likeness (QED) is 0.544. The molecular weight excluding hydrogens is 188 g/mol. The molecule has 78 valence electrons. The Morgan fingerprint density at radius 1 is 1.38 bits per heavy atom. The molecule has 1 aliphatic heterocycles. The Morgan fingerprint density at radius 3 is 2.38 bits per heavy atom. The van der Waals surface area contributed by atoms with Gasteiger partial charge in [0.25, 0.3) is 0 Å². The van der Waals surface area contributed by atoms with Crippen molar-refractivity contribution in [2.75, 3.05) is 44.7 Å². The highest BCUT2D eigenvalue weighted by atomic mass is 32.2. The molecule has 0 spiro atoms. The number of hydrogen-bond donors (Lipinski definition) is 1. The molecule has 0 aromatic carbocycles. The normalized spacial score (nSPS) is 22.0. The summed E-state index contributed by atoms with van der Waals surface area (Å²) in [6, 6.07) is 0. The van der Waals surface area contributed by atoms with E-state index in [1.807, 2.05) is 0 Å². The van der Waals surface area contributed by atoms with Crippen molar-refractivity contribution in [1.29, 1.82) is 0 Å². The average molecular weight is 206 g/mol. The Labute approximate surface area is 80.4 Å². The van der Waals surface area contributed by atoms with E-state index in [1.165, 1.54) is 11.2 Å². The maximum absolute atomic E-state index is 10.9. The number of rotatable bonds is 3. The molecule has 1 fully saturated rings. The molecule has 1 rings (SSSR count). The zero-order valence-corrected chi connectivity index (χ0v) is 8.94. The summed E-state index contributed by atoms with van der Waals surface area (Å²) in [7, 11) is 1.11. The molecule has 0 atom stereocenters. The Morgan fingerprint density at radius 2 is 1.92 bits per heavy atom. The van der Waals surface area contributed by atoms with Crippen LogP contribution in [0.5, 0.6) is 0 Å². The van der Waals surface area contributed by atoms with Crippen molar-refractivity contribution in [2.45, 2.75) is 0 Å². The van der Waals surface area contributed by atoms with E-state index in [4.69, 9.17) is 0 Å². The minimum atomic E-state index is -2.80. The first kappa shape index (κ1) is 10.9. The molecular formula is C8H18N2O2S. The first-order valence-corrected chi connectivity index (χ1v) is 6.60. The third kappa shape index (κ3) is 4.59. The number of quaternary nitrogens is 1. The van der Waals surface area contributed by atoms with Crippen LogP contribution in [-0.2, 0) is 9.84 Å². The third-order valence-corrected chi connectivity index (χ3v) is 3.27. The van der Waals surface area contributed by atoms with Crippen molar-refractivity contribution in [1.82, 2.24) is 4.90 Å². The lowest BCUT2D eigenvalue weighted by Crippen LogP contribution is -3.10. The number of nitrogens with zero attached hydrogens (tertiary/aromatic N) is 1. The van der Waals surface area contributed by atoms with Gasteiger partial charge in [0.05, 0.1) is 18.8 Å². The fourth-order valence-corrected chi connectivity index (χ4v) is 1.98. The van der Waals surface area contributed by atoms with Crippen LogP contribution in [-0.4, -0.2) is 58.1 Å². The van der Waals surface area contributed by atoms with Gasteiger partial charge in [0.2, 0.25) is 0 Å². The molecule has 1 aliphatic rings. The van der Waals surface area contributed by atoms with Gasteiger partial charge in [-0.15, -0.1) is 0 Å². The number of sulfone groups is 1. The van der Waals surface area contributed by atoms with E-state index in [9.17, 15) is 8.42 Å². The summed E-state index contributed by atoms with van der Waals surface area (Å²) in [5, 5.41) is 0. The maximum Gasteiger partial charge on any atom is 0.148 e. The summed E-state index contributed by atoms with van der Waals surface area (Å²) in [6.45, 7) is 4.64. The van der Waals surface area contributed by atoms with Gasteiger partial charge in [-0.1, -0.05) is 0 Å². The topological polar surface area (TPSA) is 41.8 Å². The molecule has 13 heavy (non-hydrogen) atoms. The van der Waals surface area contributed by atoms with E-state index in [-0.39, 0.29) is 5.75 Å². The summed E-state index contributed by atoms with van der Waals surface area (Å²) in [5.41, 5.74) is 0. The predicted molar refractivity (Wildman–Crippen MR) is 52.2 cm³/mol. The van der Waals surface area contributed by atoms with Crippen LogP contribution >= 0.6 is 0 Å². The Balaban J connectivity index is 2.24. The van der Waals surface area contributed by atoms with Gasteiger partial charge in [0.15, 0.2) is 0 Å². The van der Waals surface area contributed by atoms with Crippen LogP contribution in [0.1, 0.15) is 0 Å². The summed E-state index contributed by atoms with van der Waals surface area (Å²) < 4.78 is 21.8. The van der Waals surface area contributed by atoms with Gasteiger partial charge < -0.3 is 4.90 Å². The third-order valence-electron chi connectivity index (χ3n) is 2.34. The molecule has 0 aliphatic carbocycles. The maximum atomic E-state index is 10.9. The van der Waals surface area contributed by atoms with Gasteiger partial charge in [-0.3, -0.25) is 4.90 Å². The number of piperazine rings is 1. The van der Waals surface area contributed by atoms with E-state index >= 15 is 0 Å². The smallest absolute Gasteiger partial charge is 0.148 e. The fraction of sp³-hybridized carbons (Fsp3) is 0.875. The molecule has 1 saturated heterocycles.